The Bertz CT molecular complexity index is 1560. The largest absolute Gasteiger partial charge is 0.478 e. The van der Waals surface area contributed by atoms with Crippen molar-refractivity contribution in [1.29, 1.82) is 0 Å². The number of alkyl carbamates (subject to hydrolysis) is 1. The van der Waals surface area contributed by atoms with E-state index in [1.54, 1.807) is 26.8 Å². The number of benzene rings is 2. The molecule has 0 saturated heterocycles. The Morgan fingerprint density at radius 2 is 1.71 bits per heavy atom. The van der Waals surface area contributed by atoms with Gasteiger partial charge in [0, 0.05) is 11.6 Å². The molecule has 3 aromatic rings. The first-order valence-corrected chi connectivity index (χ1v) is 15.1. The Morgan fingerprint density at radius 1 is 1.05 bits per heavy atom. The SMILES string of the molecule is Cc1cccc(C)c1-c1cc(OCC(CC2CC2)NC(=O)OC(C)(C)C)nc(NS(=O)(=O)c2cccc(C(=O)O)c2)n1. The molecule has 1 saturated carbocycles. The van der Waals surface area contributed by atoms with E-state index in [2.05, 4.69) is 20.0 Å². The molecule has 0 aliphatic heterocycles. The van der Waals surface area contributed by atoms with E-state index in [9.17, 15) is 23.1 Å². The number of carbonyl (C=O) groups excluding carboxylic acids is 1. The van der Waals surface area contributed by atoms with Gasteiger partial charge >= 0.3 is 12.1 Å². The molecule has 1 aliphatic rings. The lowest BCUT2D eigenvalue weighted by Gasteiger charge is -2.24. The number of carboxylic acid groups (broad SMARTS) is 1. The van der Waals surface area contributed by atoms with Crippen LogP contribution in [0.5, 0.6) is 5.88 Å². The van der Waals surface area contributed by atoms with Crippen LogP contribution >= 0.6 is 0 Å². The number of aromatic nitrogens is 2. The van der Waals surface area contributed by atoms with Crippen LogP contribution in [-0.2, 0) is 14.8 Å². The number of nitrogens with zero attached hydrogens (tertiary/aromatic N) is 2. The van der Waals surface area contributed by atoms with Gasteiger partial charge in [-0.05, 0) is 76.3 Å². The second-order valence-corrected chi connectivity index (χ2v) is 13.1. The van der Waals surface area contributed by atoms with Crippen LogP contribution in [0, 0.1) is 19.8 Å². The number of carbonyl (C=O) groups is 2. The summed E-state index contributed by atoms with van der Waals surface area (Å²) in [6.07, 6.45) is 2.30. The average molecular weight is 597 g/mol. The zero-order valence-electron chi connectivity index (χ0n) is 24.3. The summed E-state index contributed by atoms with van der Waals surface area (Å²) in [5.74, 6) is -0.916. The number of ether oxygens (including phenoxy) is 2. The second-order valence-electron chi connectivity index (χ2n) is 11.5. The van der Waals surface area contributed by atoms with Crippen LogP contribution in [0.1, 0.15) is 61.5 Å². The number of aryl methyl sites for hydroxylation is 2. The van der Waals surface area contributed by atoms with Crippen molar-refractivity contribution < 1.29 is 32.6 Å². The highest BCUT2D eigenvalue weighted by Crippen LogP contribution is 2.34. The summed E-state index contributed by atoms with van der Waals surface area (Å²) < 4.78 is 40.3. The number of anilines is 1. The predicted octanol–water partition coefficient (Wildman–Crippen LogP) is 5.33. The number of sulfonamides is 1. The minimum absolute atomic E-state index is 0.0752. The quantitative estimate of drug-likeness (QED) is 0.266. The summed E-state index contributed by atoms with van der Waals surface area (Å²) in [5.41, 5.74) is 2.23. The van der Waals surface area contributed by atoms with Crippen molar-refractivity contribution in [3.05, 3.63) is 65.2 Å². The van der Waals surface area contributed by atoms with Crippen LogP contribution in [0.25, 0.3) is 11.3 Å². The molecule has 1 aromatic heterocycles. The lowest BCUT2D eigenvalue weighted by molar-refractivity contribution is 0.0481. The molecule has 1 atom stereocenters. The molecule has 1 heterocycles. The van der Waals surface area contributed by atoms with E-state index in [0.29, 0.717) is 18.0 Å². The Hall–Kier alpha value is -4.19. The zero-order valence-corrected chi connectivity index (χ0v) is 25.1. The van der Waals surface area contributed by atoms with E-state index in [-0.39, 0.29) is 34.9 Å². The Labute approximate surface area is 245 Å². The van der Waals surface area contributed by atoms with E-state index < -0.39 is 27.7 Å². The summed E-state index contributed by atoms with van der Waals surface area (Å²) in [6.45, 7) is 9.28. The number of amides is 1. The monoisotopic (exact) mass is 596 g/mol. The van der Waals surface area contributed by atoms with Crippen LogP contribution in [0.2, 0.25) is 0 Å². The van der Waals surface area contributed by atoms with Gasteiger partial charge in [0.25, 0.3) is 10.0 Å². The first-order valence-electron chi connectivity index (χ1n) is 13.6. The number of nitrogens with one attached hydrogen (secondary N) is 2. The van der Waals surface area contributed by atoms with Gasteiger partial charge in [0.2, 0.25) is 11.8 Å². The highest BCUT2D eigenvalue weighted by Gasteiger charge is 2.28. The molecular weight excluding hydrogens is 560 g/mol. The third-order valence-corrected chi connectivity index (χ3v) is 7.85. The van der Waals surface area contributed by atoms with E-state index in [4.69, 9.17) is 9.47 Å². The van der Waals surface area contributed by atoms with Gasteiger partial charge in [-0.1, -0.05) is 37.1 Å². The third kappa shape index (κ3) is 8.41. The van der Waals surface area contributed by atoms with Gasteiger partial charge in [0.15, 0.2) is 0 Å². The standard InChI is InChI=1S/C30H36N4O7S/c1-18-8-6-9-19(2)26(18)24-16-25(40-17-22(14-20-12-13-20)31-29(37)41-30(3,4)5)33-28(32-24)34-42(38,39)23-11-7-10-21(15-23)27(35)36/h6-11,15-16,20,22H,12-14,17H2,1-5H3,(H,31,37)(H,35,36)(H,32,33,34). The number of aromatic carboxylic acids is 1. The third-order valence-electron chi connectivity index (χ3n) is 6.52. The van der Waals surface area contributed by atoms with Gasteiger partial charge < -0.3 is 19.9 Å². The molecule has 0 radical (unpaired) electrons. The van der Waals surface area contributed by atoms with Crippen molar-refractivity contribution in [3.63, 3.8) is 0 Å². The fourth-order valence-electron chi connectivity index (χ4n) is 4.45. The smallest absolute Gasteiger partial charge is 0.407 e. The average Bonchev–Trinajstić information content (AvgIpc) is 3.70. The fraction of sp³-hybridized carbons (Fsp3) is 0.400. The van der Waals surface area contributed by atoms with E-state index >= 15 is 0 Å². The normalized spacial score (nSPS) is 14.1. The summed E-state index contributed by atoms with van der Waals surface area (Å²) in [6, 6.07) is 12.0. The number of hydrogen-bond donors (Lipinski definition) is 3. The molecule has 1 amide bonds. The molecular formula is C30H36N4O7S. The van der Waals surface area contributed by atoms with Crippen LogP contribution in [0.15, 0.2) is 53.4 Å². The van der Waals surface area contributed by atoms with Gasteiger partial charge in [-0.15, -0.1) is 0 Å². The lowest BCUT2D eigenvalue weighted by atomic mass is 10.00. The van der Waals surface area contributed by atoms with Crippen LogP contribution in [0.3, 0.4) is 0 Å². The van der Waals surface area contributed by atoms with Crippen molar-refractivity contribution in [2.24, 2.45) is 5.92 Å². The van der Waals surface area contributed by atoms with E-state index in [1.165, 1.54) is 18.2 Å². The van der Waals surface area contributed by atoms with Crippen molar-refractivity contribution >= 4 is 28.0 Å². The molecule has 11 nitrogen and oxygen atoms in total. The van der Waals surface area contributed by atoms with Crippen molar-refractivity contribution in [3.8, 4) is 17.1 Å². The number of hydrogen-bond acceptors (Lipinski definition) is 8. The topological polar surface area (TPSA) is 157 Å². The van der Waals surface area contributed by atoms with Gasteiger partial charge in [0.05, 0.1) is 22.2 Å². The molecule has 2 aromatic carbocycles. The maximum Gasteiger partial charge on any atom is 0.407 e. The first kappa shape index (κ1) is 30.8. The van der Waals surface area contributed by atoms with Gasteiger partial charge in [-0.2, -0.15) is 4.98 Å². The predicted molar refractivity (Wildman–Crippen MR) is 157 cm³/mol. The molecule has 12 heteroatoms. The number of rotatable bonds is 11. The first-order chi connectivity index (χ1) is 19.7. The molecule has 224 valence electrons. The summed E-state index contributed by atoms with van der Waals surface area (Å²) in [7, 11) is -4.24. The molecule has 3 N–H and O–H groups in total. The van der Waals surface area contributed by atoms with Crippen molar-refractivity contribution in [1.82, 2.24) is 15.3 Å². The van der Waals surface area contributed by atoms with Crippen molar-refractivity contribution in [2.75, 3.05) is 11.3 Å². The van der Waals surface area contributed by atoms with E-state index in [1.807, 2.05) is 32.0 Å². The van der Waals surface area contributed by atoms with Crippen LogP contribution in [0.4, 0.5) is 10.7 Å². The zero-order chi connectivity index (χ0) is 30.7. The van der Waals surface area contributed by atoms with Crippen LogP contribution < -0.4 is 14.8 Å². The summed E-state index contributed by atoms with van der Waals surface area (Å²) in [4.78, 5) is 32.4. The molecule has 4 rings (SSSR count). The molecule has 42 heavy (non-hydrogen) atoms. The Morgan fingerprint density at radius 3 is 2.33 bits per heavy atom. The van der Waals surface area contributed by atoms with Gasteiger partial charge in [-0.25, -0.2) is 27.7 Å². The summed E-state index contributed by atoms with van der Waals surface area (Å²) in [5, 5.41) is 12.2. The van der Waals surface area contributed by atoms with Crippen LogP contribution in [-0.4, -0.2) is 53.8 Å². The molecule has 0 spiro atoms. The van der Waals surface area contributed by atoms with Crippen molar-refractivity contribution in [2.45, 2.75) is 70.4 Å². The second kappa shape index (κ2) is 12.4. The molecule has 1 aliphatic carbocycles. The molecule has 1 fully saturated rings. The lowest BCUT2D eigenvalue weighted by Crippen LogP contribution is -2.42. The Kier molecular flexibility index (Phi) is 9.05. The van der Waals surface area contributed by atoms with Gasteiger partial charge in [-0.3, -0.25) is 0 Å². The summed E-state index contributed by atoms with van der Waals surface area (Å²) >= 11 is 0. The minimum Gasteiger partial charge on any atom is -0.478 e. The Balaban J connectivity index is 1.65. The fourth-order valence-corrected chi connectivity index (χ4v) is 5.44. The maximum absolute atomic E-state index is 13.2. The highest BCUT2D eigenvalue weighted by atomic mass is 32.2. The number of carboxylic acids is 1. The van der Waals surface area contributed by atoms with E-state index in [0.717, 1.165) is 35.6 Å². The minimum atomic E-state index is -4.24. The molecule has 0 bridgehead atoms. The molecule has 1 unspecified atom stereocenters. The van der Waals surface area contributed by atoms with Gasteiger partial charge in [0.1, 0.15) is 12.2 Å². The highest BCUT2D eigenvalue weighted by molar-refractivity contribution is 7.92. The maximum atomic E-state index is 13.2.